The molecule has 0 unspecified atom stereocenters. The Morgan fingerprint density at radius 3 is 2.85 bits per heavy atom. The topological polar surface area (TPSA) is 68.0 Å². The molecular formula is C29H39N3O2. The van der Waals surface area contributed by atoms with Crippen molar-refractivity contribution >= 4 is 5.78 Å². The Balaban J connectivity index is 1.16. The van der Waals surface area contributed by atoms with Crippen LogP contribution in [0.3, 0.4) is 0 Å². The van der Waals surface area contributed by atoms with Gasteiger partial charge in [-0.3, -0.25) is 9.48 Å². The lowest BCUT2D eigenvalue weighted by atomic mass is 9.54. The Bertz CT molecular complexity index is 1060. The molecule has 0 radical (unpaired) electrons. The quantitative estimate of drug-likeness (QED) is 0.607. The number of carbonyl (C=O) groups is 1. The van der Waals surface area contributed by atoms with E-state index in [0.717, 1.165) is 63.1 Å². The van der Waals surface area contributed by atoms with Crippen LogP contribution in [-0.2, 0) is 24.2 Å². The van der Waals surface area contributed by atoms with Gasteiger partial charge in [-0.05, 0) is 91.4 Å². The van der Waals surface area contributed by atoms with E-state index in [1.807, 2.05) is 16.8 Å². The van der Waals surface area contributed by atoms with Crippen molar-refractivity contribution in [3.63, 3.8) is 0 Å². The highest BCUT2D eigenvalue weighted by molar-refractivity contribution is 5.87. The van der Waals surface area contributed by atoms with Crippen LogP contribution in [0, 0.1) is 29.1 Å². The lowest BCUT2D eigenvalue weighted by Crippen LogP contribution is -2.44. The van der Waals surface area contributed by atoms with Crippen LogP contribution < -0.4 is 0 Å². The minimum atomic E-state index is -0.158. The van der Waals surface area contributed by atoms with E-state index in [-0.39, 0.29) is 5.41 Å². The van der Waals surface area contributed by atoms with Gasteiger partial charge in [0.25, 0.3) is 0 Å². The fraction of sp³-hybridized carbons (Fsp3) is 0.690. The summed E-state index contributed by atoms with van der Waals surface area (Å²) in [7, 11) is 0. The van der Waals surface area contributed by atoms with E-state index in [0.29, 0.717) is 35.2 Å². The molecule has 3 fully saturated rings. The van der Waals surface area contributed by atoms with Gasteiger partial charge < -0.3 is 5.11 Å². The first-order chi connectivity index (χ1) is 16.5. The van der Waals surface area contributed by atoms with E-state index in [1.165, 1.54) is 43.2 Å². The molecule has 0 amide bonds. The summed E-state index contributed by atoms with van der Waals surface area (Å²) >= 11 is 0. The predicted octanol–water partition coefficient (Wildman–Crippen LogP) is 5.85. The third-order valence-electron chi connectivity index (χ3n) is 10.1. The molecule has 3 saturated carbocycles. The van der Waals surface area contributed by atoms with Crippen LogP contribution in [-0.4, -0.2) is 25.9 Å². The van der Waals surface area contributed by atoms with Crippen molar-refractivity contribution in [1.82, 2.24) is 15.0 Å². The summed E-state index contributed by atoms with van der Waals surface area (Å²) in [5.41, 5.74) is 3.73. The first-order valence-corrected chi connectivity index (χ1v) is 13.8. The molecule has 4 aliphatic rings. The van der Waals surface area contributed by atoms with Crippen molar-refractivity contribution in [1.29, 1.82) is 0 Å². The molecule has 0 bridgehead atoms. The number of aryl methyl sites for hydroxylation is 2. The van der Waals surface area contributed by atoms with Gasteiger partial charge in [0.15, 0.2) is 0 Å². The third kappa shape index (κ3) is 3.89. The summed E-state index contributed by atoms with van der Waals surface area (Å²) in [6.45, 7) is 3.13. The number of carbonyl (C=O) groups excluding carboxylic acids is 1. The molecule has 6 rings (SSSR count). The molecule has 5 heteroatoms. The standard InChI is InChI=1S/C29H39N3O2/c1-29-13-11-25-24-10-8-23(33)16-20(24)7-9-26(25)28(29)21(17-27(29)34)12-14-32-18-22(30-31-32)15-19-5-3-2-4-6-19/h8,10,16,18-19,21,25-26,28,33H,2-7,9,11-15,17H2,1H3/t21-,25-,26-,28+,29-/m1/s1. The van der Waals surface area contributed by atoms with Gasteiger partial charge in [0.05, 0.1) is 5.69 Å². The second kappa shape index (κ2) is 8.80. The van der Waals surface area contributed by atoms with Crippen molar-refractivity contribution in [2.24, 2.45) is 29.1 Å². The first-order valence-electron chi connectivity index (χ1n) is 13.8. The third-order valence-corrected chi connectivity index (χ3v) is 10.1. The average molecular weight is 462 g/mol. The lowest BCUT2D eigenvalue weighted by Gasteiger charge is -2.50. The highest BCUT2D eigenvalue weighted by Crippen LogP contribution is 2.62. The number of phenolic OH excluding ortho intramolecular Hbond substituents is 1. The van der Waals surface area contributed by atoms with Gasteiger partial charge in [-0.2, -0.15) is 0 Å². The summed E-state index contributed by atoms with van der Waals surface area (Å²) < 4.78 is 2.04. The molecule has 182 valence electrons. The number of phenols is 1. The highest BCUT2D eigenvalue weighted by Gasteiger charge is 2.58. The molecule has 1 aromatic carbocycles. The van der Waals surface area contributed by atoms with Crippen LogP contribution in [0.25, 0.3) is 0 Å². The maximum absolute atomic E-state index is 13.3. The van der Waals surface area contributed by atoms with E-state index in [1.54, 1.807) is 0 Å². The van der Waals surface area contributed by atoms with Gasteiger partial charge >= 0.3 is 0 Å². The zero-order chi connectivity index (χ0) is 23.3. The van der Waals surface area contributed by atoms with Crippen molar-refractivity contribution in [3.05, 3.63) is 41.2 Å². The molecular weight excluding hydrogens is 422 g/mol. The number of hydrogen-bond acceptors (Lipinski definition) is 4. The smallest absolute Gasteiger partial charge is 0.139 e. The molecule has 0 aliphatic heterocycles. The largest absolute Gasteiger partial charge is 0.508 e. The van der Waals surface area contributed by atoms with E-state index in [9.17, 15) is 9.90 Å². The van der Waals surface area contributed by atoms with E-state index in [4.69, 9.17) is 0 Å². The first kappa shape index (κ1) is 22.3. The molecule has 5 nitrogen and oxygen atoms in total. The molecule has 34 heavy (non-hydrogen) atoms. The van der Waals surface area contributed by atoms with Crippen LogP contribution in [0.2, 0.25) is 0 Å². The Morgan fingerprint density at radius 2 is 2.00 bits per heavy atom. The van der Waals surface area contributed by atoms with Crippen molar-refractivity contribution in [2.45, 2.75) is 96.4 Å². The minimum Gasteiger partial charge on any atom is -0.508 e. The molecule has 0 saturated heterocycles. The SMILES string of the molecule is C[C@]12CC[C@@H]3c4ccc(O)cc4CC[C@H]3[C@@H]1[C@H](CCn1cc(CC3CCCCC3)nn1)CC2=O. The molecule has 0 spiro atoms. The molecule has 1 aromatic heterocycles. The van der Waals surface area contributed by atoms with Gasteiger partial charge in [0, 0.05) is 24.6 Å². The number of aromatic nitrogens is 3. The van der Waals surface area contributed by atoms with E-state index in [2.05, 4.69) is 29.5 Å². The number of aromatic hydroxyl groups is 1. The van der Waals surface area contributed by atoms with E-state index < -0.39 is 0 Å². The number of benzene rings is 1. The maximum Gasteiger partial charge on any atom is 0.139 e. The van der Waals surface area contributed by atoms with Crippen LogP contribution in [0.15, 0.2) is 24.4 Å². The summed E-state index contributed by atoms with van der Waals surface area (Å²) in [6, 6.07) is 5.97. The Morgan fingerprint density at radius 1 is 1.15 bits per heavy atom. The second-order valence-electron chi connectivity index (χ2n) is 12.0. The van der Waals surface area contributed by atoms with Crippen molar-refractivity contribution < 1.29 is 9.90 Å². The molecule has 1 heterocycles. The molecule has 2 aromatic rings. The fourth-order valence-corrected chi connectivity index (χ4v) is 8.42. The Labute approximate surface area is 203 Å². The normalized spacial score (nSPS) is 33.4. The van der Waals surface area contributed by atoms with Crippen LogP contribution in [0.5, 0.6) is 5.75 Å². The number of rotatable bonds is 5. The van der Waals surface area contributed by atoms with E-state index >= 15 is 0 Å². The van der Waals surface area contributed by atoms with Crippen LogP contribution >= 0.6 is 0 Å². The number of hydrogen-bond donors (Lipinski definition) is 1. The second-order valence-corrected chi connectivity index (χ2v) is 12.0. The molecule has 5 atom stereocenters. The zero-order valence-corrected chi connectivity index (χ0v) is 20.6. The van der Waals surface area contributed by atoms with Gasteiger partial charge in [-0.1, -0.05) is 50.3 Å². The summed E-state index contributed by atoms with van der Waals surface area (Å²) in [4.78, 5) is 13.3. The fourth-order valence-electron chi connectivity index (χ4n) is 8.42. The maximum atomic E-state index is 13.3. The van der Waals surface area contributed by atoms with Gasteiger partial charge in [0.1, 0.15) is 11.5 Å². The monoisotopic (exact) mass is 461 g/mol. The van der Waals surface area contributed by atoms with Crippen LogP contribution in [0.1, 0.15) is 93.9 Å². The number of Topliss-reactive ketones (excluding diaryl/α,β-unsaturated/α-hetero) is 1. The van der Waals surface area contributed by atoms with Crippen molar-refractivity contribution in [2.75, 3.05) is 0 Å². The minimum absolute atomic E-state index is 0.158. The van der Waals surface area contributed by atoms with Crippen LogP contribution in [0.4, 0.5) is 0 Å². The average Bonchev–Trinajstić information content (AvgIpc) is 3.39. The van der Waals surface area contributed by atoms with Gasteiger partial charge in [-0.15, -0.1) is 5.10 Å². The van der Waals surface area contributed by atoms with Crippen molar-refractivity contribution in [3.8, 4) is 5.75 Å². The number of ketones is 1. The van der Waals surface area contributed by atoms with Gasteiger partial charge in [-0.25, -0.2) is 0 Å². The summed E-state index contributed by atoms with van der Waals surface area (Å²) in [5.74, 6) is 3.66. The summed E-state index contributed by atoms with van der Waals surface area (Å²) in [5, 5.41) is 18.9. The molecule has 1 N–H and O–H groups in total. The molecule has 4 aliphatic carbocycles. The lowest BCUT2D eigenvalue weighted by molar-refractivity contribution is -0.129. The zero-order valence-electron chi connectivity index (χ0n) is 20.6. The summed E-state index contributed by atoms with van der Waals surface area (Å²) in [6.07, 6.45) is 16.0. The number of nitrogens with zero attached hydrogens (tertiary/aromatic N) is 3. The predicted molar refractivity (Wildman–Crippen MR) is 132 cm³/mol. The Hall–Kier alpha value is -2.17. The highest BCUT2D eigenvalue weighted by atomic mass is 16.3. The number of fused-ring (bicyclic) bond motifs is 5. The Kier molecular flexibility index (Phi) is 5.77. The van der Waals surface area contributed by atoms with Gasteiger partial charge in [0.2, 0.25) is 0 Å².